The summed E-state index contributed by atoms with van der Waals surface area (Å²) in [5.41, 5.74) is -0.705. The number of rotatable bonds is 7. The molecule has 0 aromatic rings. The van der Waals surface area contributed by atoms with E-state index in [0.717, 1.165) is 19.3 Å². The lowest BCUT2D eigenvalue weighted by molar-refractivity contribution is -0.262. The van der Waals surface area contributed by atoms with Crippen LogP contribution in [0.25, 0.3) is 0 Å². The molecule has 7 atom stereocenters. The van der Waals surface area contributed by atoms with Crippen LogP contribution in [-0.4, -0.2) is 71.4 Å². The number of esters is 2. The molecule has 0 N–H and O–H groups in total. The van der Waals surface area contributed by atoms with E-state index in [1.54, 1.807) is 13.8 Å². The van der Waals surface area contributed by atoms with Gasteiger partial charge in [-0.15, -0.1) is 0 Å². The Morgan fingerprint density at radius 3 is 1.98 bits per heavy atom. The van der Waals surface area contributed by atoms with Crippen molar-refractivity contribution in [3.63, 3.8) is 0 Å². The van der Waals surface area contributed by atoms with E-state index >= 15 is 0 Å². The molecule has 6 aliphatic carbocycles. The lowest BCUT2D eigenvalue weighted by Gasteiger charge is -2.55. The third-order valence-electron chi connectivity index (χ3n) is 10.6. The van der Waals surface area contributed by atoms with E-state index in [2.05, 4.69) is 4.74 Å². The van der Waals surface area contributed by atoms with Gasteiger partial charge in [-0.3, -0.25) is 14.4 Å². The van der Waals surface area contributed by atoms with E-state index < -0.39 is 92.8 Å². The summed E-state index contributed by atoms with van der Waals surface area (Å²) in [5.74, 6) is -6.22. The molecule has 1 amide bonds. The van der Waals surface area contributed by atoms with Crippen molar-refractivity contribution in [3.8, 4) is 0 Å². The summed E-state index contributed by atoms with van der Waals surface area (Å²) >= 11 is 0. The number of ether oxygens (including phenoxy) is 2. The number of nitrogens with zero attached hydrogens (tertiary/aromatic N) is 1. The molecule has 6 saturated carbocycles. The van der Waals surface area contributed by atoms with Gasteiger partial charge in [-0.25, -0.2) is 8.42 Å². The van der Waals surface area contributed by atoms with Crippen molar-refractivity contribution < 1.29 is 58.8 Å². The monoisotopic (exact) mass is 612 g/mol. The van der Waals surface area contributed by atoms with Crippen LogP contribution in [0.5, 0.6) is 0 Å². The maximum Gasteiger partial charge on any atom is 0.432 e. The van der Waals surface area contributed by atoms with Gasteiger partial charge in [0.1, 0.15) is 6.10 Å². The molecule has 1 aliphatic heterocycles. The van der Waals surface area contributed by atoms with E-state index in [-0.39, 0.29) is 6.42 Å². The molecule has 7 fully saturated rings. The Balaban J connectivity index is 1.30. The standard InChI is InChI=1S/C26H32F5NO8S/c1-10(2)32-18-14-6-15(19(18)39-23(35)24-7-11-3-12(8-24)5-13(4-11)9-24)17(16(14)20(32)33)21(34)40-22(25(27,28)29)26(30,31)41(36,37)38/h10-19,22H,3-9H2,1-2H3,(H,36,37,38)/p-1. The van der Waals surface area contributed by atoms with E-state index in [4.69, 9.17) is 4.74 Å². The molecule has 0 spiro atoms. The zero-order chi connectivity index (χ0) is 30.0. The first kappa shape index (κ1) is 29.1. The van der Waals surface area contributed by atoms with Crippen molar-refractivity contribution in [1.29, 1.82) is 0 Å². The minimum absolute atomic E-state index is 0.107. The predicted molar refractivity (Wildman–Crippen MR) is 125 cm³/mol. The molecular formula is C26H31F5NO8S-. The summed E-state index contributed by atoms with van der Waals surface area (Å²) < 4.78 is 112. The van der Waals surface area contributed by atoms with Crippen molar-refractivity contribution in [3.05, 3.63) is 0 Å². The number of likely N-dealkylation sites (tertiary alicyclic amines) is 1. The molecule has 7 unspecified atom stereocenters. The molecule has 230 valence electrons. The van der Waals surface area contributed by atoms with Gasteiger partial charge >= 0.3 is 23.4 Å². The van der Waals surface area contributed by atoms with Crippen LogP contribution in [0.4, 0.5) is 22.0 Å². The quantitative estimate of drug-likeness (QED) is 0.244. The average molecular weight is 613 g/mol. The van der Waals surface area contributed by atoms with Crippen molar-refractivity contribution in [2.45, 2.75) is 94.5 Å². The second-order valence-corrected chi connectivity index (χ2v) is 14.8. The number of amides is 1. The second-order valence-electron chi connectivity index (χ2n) is 13.4. The maximum atomic E-state index is 14.1. The minimum atomic E-state index is -6.88. The Hall–Kier alpha value is -2.03. The fraction of sp³-hybridized carbons (Fsp3) is 0.885. The Kier molecular flexibility index (Phi) is 6.37. The van der Waals surface area contributed by atoms with E-state index in [0.29, 0.717) is 37.0 Å². The highest BCUT2D eigenvalue weighted by Gasteiger charge is 2.73. The fourth-order valence-electron chi connectivity index (χ4n) is 9.69. The van der Waals surface area contributed by atoms with Crippen LogP contribution in [0.2, 0.25) is 0 Å². The van der Waals surface area contributed by atoms with Crippen molar-refractivity contribution in [2.75, 3.05) is 0 Å². The number of hydrogen-bond acceptors (Lipinski definition) is 8. The lowest BCUT2D eigenvalue weighted by atomic mass is 9.49. The molecule has 41 heavy (non-hydrogen) atoms. The summed E-state index contributed by atoms with van der Waals surface area (Å²) in [6, 6.07) is -1.06. The number of alkyl halides is 5. The zero-order valence-electron chi connectivity index (χ0n) is 22.3. The maximum absolute atomic E-state index is 14.1. The molecule has 9 nitrogen and oxygen atoms in total. The van der Waals surface area contributed by atoms with Crippen LogP contribution in [0.3, 0.4) is 0 Å². The first-order valence-electron chi connectivity index (χ1n) is 14.0. The van der Waals surface area contributed by atoms with Gasteiger partial charge < -0.3 is 18.9 Å². The van der Waals surface area contributed by atoms with E-state index in [1.165, 1.54) is 4.90 Å². The van der Waals surface area contributed by atoms with Crippen LogP contribution in [0.15, 0.2) is 0 Å². The van der Waals surface area contributed by atoms with Gasteiger partial charge in [-0.1, -0.05) is 0 Å². The summed E-state index contributed by atoms with van der Waals surface area (Å²) in [6.45, 7) is 3.39. The van der Waals surface area contributed by atoms with Gasteiger partial charge in [0.2, 0.25) is 5.91 Å². The third kappa shape index (κ3) is 4.21. The highest BCUT2D eigenvalue weighted by Crippen LogP contribution is 2.63. The number of hydrogen-bond donors (Lipinski definition) is 0. The van der Waals surface area contributed by atoms with Crippen LogP contribution in [0.1, 0.15) is 58.8 Å². The van der Waals surface area contributed by atoms with E-state index in [9.17, 15) is 49.3 Å². The molecule has 15 heteroatoms. The van der Waals surface area contributed by atoms with Crippen molar-refractivity contribution in [1.82, 2.24) is 4.90 Å². The fourth-order valence-corrected chi connectivity index (χ4v) is 10.1. The highest BCUT2D eigenvalue weighted by atomic mass is 32.2. The molecular weight excluding hydrogens is 581 g/mol. The molecule has 1 saturated heterocycles. The molecule has 0 aromatic heterocycles. The molecule has 0 radical (unpaired) electrons. The SMILES string of the molecule is CC(C)N1C(=O)C2C3CC(C(OC(=O)C45CC6CC(CC(C6)C4)C5)C31)C2C(=O)OC(C(F)(F)F)C(F)(F)S(=O)(=O)[O-]. The highest BCUT2D eigenvalue weighted by molar-refractivity contribution is 7.86. The first-order chi connectivity index (χ1) is 18.9. The zero-order valence-corrected chi connectivity index (χ0v) is 23.1. The molecule has 0 aromatic carbocycles. The van der Waals surface area contributed by atoms with Crippen LogP contribution >= 0.6 is 0 Å². The Labute approximate surface area is 233 Å². The molecule has 1 heterocycles. The Bertz CT molecular complexity index is 1230. The van der Waals surface area contributed by atoms with Gasteiger partial charge in [0.15, 0.2) is 10.1 Å². The number of fused-ring (bicyclic) bond motifs is 1. The van der Waals surface area contributed by atoms with Gasteiger partial charge in [0.05, 0.1) is 23.3 Å². The topological polar surface area (TPSA) is 130 Å². The third-order valence-corrected chi connectivity index (χ3v) is 11.5. The Morgan fingerprint density at radius 2 is 1.51 bits per heavy atom. The summed E-state index contributed by atoms with van der Waals surface area (Å²) in [6.07, 6.45) is -6.49. The summed E-state index contributed by atoms with van der Waals surface area (Å²) in [4.78, 5) is 41.8. The smallest absolute Gasteiger partial charge is 0.432 e. The number of carbonyl (C=O) groups excluding carboxylic acids is 3. The number of halogens is 5. The predicted octanol–water partition coefficient (Wildman–Crippen LogP) is 3.23. The van der Waals surface area contributed by atoms with Crippen LogP contribution in [0, 0.1) is 46.8 Å². The first-order valence-corrected chi connectivity index (χ1v) is 15.4. The Morgan fingerprint density at radius 1 is 0.976 bits per heavy atom. The van der Waals surface area contributed by atoms with Crippen molar-refractivity contribution >= 4 is 28.0 Å². The minimum Gasteiger partial charge on any atom is -0.743 e. The van der Waals surface area contributed by atoms with Gasteiger partial charge in [0.25, 0.3) is 6.10 Å². The van der Waals surface area contributed by atoms with Crippen LogP contribution < -0.4 is 0 Å². The molecule has 7 aliphatic rings. The van der Waals surface area contributed by atoms with Crippen LogP contribution in [-0.2, 0) is 34.0 Å². The van der Waals surface area contributed by atoms with Gasteiger partial charge in [-0.05, 0) is 82.5 Å². The second kappa shape index (κ2) is 8.99. The van der Waals surface area contributed by atoms with Crippen molar-refractivity contribution in [2.24, 2.45) is 46.8 Å². The van der Waals surface area contributed by atoms with E-state index in [1.807, 2.05) is 0 Å². The lowest BCUT2D eigenvalue weighted by Crippen LogP contribution is -2.55. The normalized spacial score (nSPS) is 41.8. The summed E-state index contributed by atoms with van der Waals surface area (Å²) in [5, 5.41) is -6.00. The van der Waals surface area contributed by atoms with Gasteiger partial charge in [-0.2, -0.15) is 22.0 Å². The average Bonchev–Trinajstić information content (AvgIpc) is 3.42. The molecule has 7 rings (SSSR count). The molecule has 6 bridgehead atoms. The summed E-state index contributed by atoms with van der Waals surface area (Å²) in [7, 11) is -6.88. The van der Waals surface area contributed by atoms with Gasteiger partial charge in [0, 0.05) is 12.0 Å². The number of carbonyl (C=O) groups is 3. The largest absolute Gasteiger partial charge is 0.743 e.